The van der Waals surface area contributed by atoms with Crippen LogP contribution in [-0.4, -0.2) is 61.7 Å². The van der Waals surface area contributed by atoms with E-state index in [1.54, 1.807) is 24.3 Å². The van der Waals surface area contributed by atoms with Crippen LogP contribution in [0.2, 0.25) is 0 Å². The largest absolute Gasteiger partial charge is 0.482 e. The fourth-order valence-electron chi connectivity index (χ4n) is 2.55. The van der Waals surface area contributed by atoms with Gasteiger partial charge in [-0.15, -0.1) is 12.4 Å². The monoisotopic (exact) mass is 400 g/mol. The Morgan fingerprint density at radius 2 is 1.78 bits per heavy atom. The predicted molar refractivity (Wildman–Crippen MR) is 101 cm³/mol. The molecular formula is C18H25ClN2O6. The summed E-state index contributed by atoms with van der Waals surface area (Å²) in [5.74, 6) is -1.03. The number of carboxylic acid groups (broad SMARTS) is 1. The van der Waals surface area contributed by atoms with E-state index in [9.17, 15) is 14.4 Å². The Bertz CT molecular complexity index is 617. The smallest absolute Gasteiger partial charge is 0.341 e. The summed E-state index contributed by atoms with van der Waals surface area (Å²) in [6.45, 7) is 1.62. The maximum atomic E-state index is 12.1. The molecule has 1 amide bonds. The van der Waals surface area contributed by atoms with Crippen molar-refractivity contribution in [2.45, 2.75) is 25.4 Å². The molecule has 3 N–H and O–H groups in total. The van der Waals surface area contributed by atoms with Crippen molar-refractivity contribution >= 4 is 30.1 Å². The fourth-order valence-corrected chi connectivity index (χ4v) is 2.55. The highest BCUT2D eigenvalue weighted by atomic mass is 35.5. The lowest BCUT2D eigenvalue weighted by Gasteiger charge is -2.22. The van der Waals surface area contributed by atoms with Gasteiger partial charge in [-0.25, -0.2) is 4.79 Å². The molecule has 0 saturated carbocycles. The number of carbonyl (C=O) groups is 3. The minimum absolute atomic E-state index is 0. The van der Waals surface area contributed by atoms with E-state index < -0.39 is 12.6 Å². The van der Waals surface area contributed by atoms with Crippen LogP contribution in [-0.2, 0) is 14.3 Å². The molecule has 1 aromatic carbocycles. The van der Waals surface area contributed by atoms with Gasteiger partial charge in [-0.1, -0.05) is 0 Å². The number of halogens is 1. The summed E-state index contributed by atoms with van der Waals surface area (Å²) in [4.78, 5) is 34.3. The molecule has 1 aliphatic rings. The third-order valence-electron chi connectivity index (χ3n) is 3.95. The Labute approximate surface area is 164 Å². The zero-order valence-electron chi connectivity index (χ0n) is 14.9. The predicted octanol–water partition coefficient (Wildman–Crippen LogP) is 1.03. The lowest BCUT2D eigenvalue weighted by atomic mass is 10.1. The topological polar surface area (TPSA) is 114 Å². The summed E-state index contributed by atoms with van der Waals surface area (Å²) in [6.07, 6.45) is 2.09. The molecule has 0 unspecified atom stereocenters. The number of amides is 1. The number of Topliss-reactive ketones (excluding diaryl/α,β-unsaturated/α-hetero) is 1. The minimum atomic E-state index is -1.06. The van der Waals surface area contributed by atoms with E-state index in [0.29, 0.717) is 11.3 Å². The zero-order chi connectivity index (χ0) is 18.8. The molecule has 0 atom stereocenters. The fraction of sp³-hybridized carbons (Fsp3) is 0.500. The molecule has 0 spiro atoms. The van der Waals surface area contributed by atoms with Gasteiger partial charge in [0.25, 0.3) is 0 Å². The van der Waals surface area contributed by atoms with Gasteiger partial charge in [0.1, 0.15) is 12.4 Å². The van der Waals surface area contributed by atoms with Crippen LogP contribution in [0.3, 0.4) is 0 Å². The molecule has 0 aliphatic carbocycles. The first-order chi connectivity index (χ1) is 12.5. The van der Waals surface area contributed by atoms with Gasteiger partial charge in [0, 0.05) is 18.5 Å². The molecule has 1 fully saturated rings. The molecule has 1 aliphatic heterocycles. The van der Waals surface area contributed by atoms with Gasteiger partial charge in [0.15, 0.2) is 12.4 Å². The summed E-state index contributed by atoms with van der Waals surface area (Å²) in [7, 11) is 0. The van der Waals surface area contributed by atoms with Crippen LogP contribution >= 0.6 is 12.4 Å². The maximum absolute atomic E-state index is 12.1. The number of ketones is 1. The molecule has 1 aromatic rings. The van der Waals surface area contributed by atoms with Crippen LogP contribution in [0, 0.1) is 0 Å². The Morgan fingerprint density at radius 3 is 2.41 bits per heavy atom. The summed E-state index contributed by atoms with van der Waals surface area (Å²) in [5, 5.41) is 14.5. The first kappa shape index (κ1) is 22.9. The SMILES string of the molecule is Cl.O=C(O)COc1ccc(C(=O)CCNC(=O)COC2CCNCC2)cc1. The molecule has 0 radical (unpaired) electrons. The van der Waals surface area contributed by atoms with Crippen molar-refractivity contribution < 1.29 is 29.0 Å². The van der Waals surface area contributed by atoms with Crippen LogP contribution in [0.5, 0.6) is 5.75 Å². The first-order valence-corrected chi connectivity index (χ1v) is 8.61. The van der Waals surface area contributed by atoms with E-state index in [1.165, 1.54) is 0 Å². The molecule has 9 heteroatoms. The molecule has 27 heavy (non-hydrogen) atoms. The first-order valence-electron chi connectivity index (χ1n) is 8.61. The average Bonchev–Trinajstić information content (AvgIpc) is 2.66. The van der Waals surface area contributed by atoms with E-state index in [4.69, 9.17) is 14.6 Å². The second-order valence-corrected chi connectivity index (χ2v) is 5.99. The zero-order valence-corrected chi connectivity index (χ0v) is 15.8. The maximum Gasteiger partial charge on any atom is 0.341 e. The summed E-state index contributed by atoms with van der Waals surface area (Å²) < 4.78 is 10.6. The van der Waals surface area contributed by atoms with Gasteiger partial charge in [-0.2, -0.15) is 0 Å². The van der Waals surface area contributed by atoms with Crippen LogP contribution in [0.15, 0.2) is 24.3 Å². The number of piperidine rings is 1. The number of benzene rings is 1. The van der Waals surface area contributed by atoms with E-state index in [2.05, 4.69) is 10.6 Å². The van der Waals surface area contributed by atoms with E-state index in [1.807, 2.05) is 0 Å². The Kier molecular flexibility index (Phi) is 10.4. The summed E-state index contributed by atoms with van der Waals surface area (Å²) in [6, 6.07) is 6.23. The Balaban J connectivity index is 0.00000364. The van der Waals surface area contributed by atoms with Crippen molar-refractivity contribution in [3.63, 3.8) is 0 Å². The van der Waals surface area contributed by atoms with Crippen molar-refractivity contribution in [2.75, 3.05) is 32.8 Å². The molecular weight excluding hydrogens is 376 g/mol. The number of carboxylic acids is 1. The lowest BCUT2D eigenvalue weighted by molar-refractivity contribution is -0.139. The second kappa shape index (κ2) is 12.3. The third-order valence-corrected chi connectivity index (χ3v) is 3.95. The van der Waals surface area contributed by atoms with Crippen LogP contribution in [0.4, 0.5) is 0 Å². The molecule has 150 valence electrons. The quantitative estimate of drug-likeness (QED) is 0.502. The van der Waals surface area contributed by atoms with Gasteiger partial charge >= 0.3 is 5.97 Å². The van der Waals surface area contributed by atoms with Crippen molar-refractivity contribution in [3.05, 3.63) is 29.8 Å². The van der Waals surface area contributed by atoms with Gasteiger partial charge in [0.05, 0.1) is 6.10 Å². The van der Waals surface area contributed by atoms with E-state index in [0.717, 1.165) is 25.9 Å². The highest BCUT2D eigenvalue weighted by molar-refractivity contribution is 5.96. The molecule has 1 saturated heterocycles. The van der Waals surface area contributed by atoms with Crippen LogP contribution in [0.25, 0.3) is 0 Å². The molecule has 0 bridgehead atoms. The number of nitrogens with one attached hydrogen (secondary N) is 2. The normalized spacial score (nSPS) is 14.1. The third kappa shape index (κ3) is 8.85. The second-order valence-electron chi connectivity index (χ2n) is 5.99. The molecule has 2 rings (SSSR count). The number of carbonyl (C=O) groups excluding carboxylic acids is 2. The van der Waals surface area contributed by atoms with E-state index >= 15 is 0 Å². The number of aliphatic carboxylic acids is 1. The van der Waals surface area contributed by atoms with Gasteiger partial charge in [0.2, 0.25) is 5.91 Å². The average molecular weight is 401 g/mol. The number of rotatable bonds is 10. The number of hydrogen-bond acceptors (Lipinski definition) is 6. The van der Waals surface area contributed by atoms with Gasteiger partial charge in [-0.3, -0.25) is 9.59 Å². The number of ether oxygens (including phenoxy) is 2. The van der Waals surface area contributed by atoms with E-state index in [-0.39, 0.29) is 49.8 Å². The van der Waals surface area contributed by atoms with Crippen LogP contribution < -0.4 is 15.4 Å². The van der Waals surface area contributed by atoms with Crippen LogP contribution in [0.1, 0.15) is 29.6 Å². The Morgan fingerprint density at radius 1 is 1.11 bits per heavy atom. The summed E-state index contributed by atoms with van der Waals surface area (Å²) in [5.41, 5.74) is 0.480. The van der Waals surface area contributed by atoms with Gasteiger partial charge < -0.3 is 25.2 Å². The Hall–Kier alpha value is -2.16. The minimum Gasteiger partial charge on any atom is -0.482 e. The highest BCUT2D eigenvalue weighted by Crippen LogP contribution is 2.13. The van der Waals surface area contributed by atoms with Crippen molar-refractivity contribution in [2.24, 2.45) is 0 Å². The summed E-state index contributed by atoms with van der Waals surface area (Å²) >= 11 is 0. The van der Waals surface area contributed by atoms with Crippen molar-refractivity contribution in [1.82, 2.24) is 10.6 Å². The molecule has 1 heterocycles. The van der Waals surface area contributed by atoms with Crippen molar-refractivity contribution in [1.29, 1.82) is 0 Å². The van der Waals surface area contributed by atoms with Crippen molar-refractivity contribution in [3.8, 4) is 5.75 Å². The standard InChI is InChI=1S/C18H24N2O6.ClH/c21-16(13-1-3-14(4-2-13)26-12-18(23)24)7-10-20-17(22)11-25-15-5-8-19-9-6-15;/h1-4,15,19H,5-12H2,(H,20,22)(H,23,24);1H. The number of hydrogen-bond donors (Lipinski definition) is 3. The highest BCUT2D eigenvalue weighted by Gasteiger charge is 2.15. The molecule has 0 aromatic heterocycles. The molecule has 8 nitrogen and oxygen atoms in total. The van der Waals surface area contributed by atoms with Gasteiger partial charge in [-0.05, 0) is 50.2 Å². The lowest BCUT2D eigenvalue weighted by Crippen LogP contribution is -2.36.